The van der Waals surface area contributed by atoms with Gasteiger partial charge in [0.1, 0.15) is 12.9 Å². The van der Waals surface area contributed by atoms with Crippen molar-refractivity contribution in [1.29, 1.82) is 0 Å². The molecule has 0 aromatic carbocycles. The van der Waals surface area contributed by atoms with Crippen LogP contribution in [0.1, 0.15) is 95.4 Å². The topological polar surface area (TPSA) is 122 Å². The fraction of sp³-hybridized carbons (Fsp3) is 0.625. The summed E-state index contributed by atoms with van der Waals surface area (Å²) < 4.78 is 1.99. The molecule has 1 saturated heterocycles. The van der Waals surface area contributed by atoms with Crippen LogP contribution in [0.15, 0.2) is 47.1 Å². The number of carbonyl (C=O) groups excluding carboxylic acids is 3. The molecule has 0 bridgehead atoms. The number of hydrogen-bond donors (Lipinski definition) is 4. The monoisotopic (exact) mass is 613 g/mol. The lowest BCUT2D eigenvalue weighted by molar-refractivity contribution is -0.741. The molecule has 10 heteroatoms. The lowest BCUT2D eigenvalue weighted by Gasteiger charge is -2.17. The van der Waals surface area contributed by atoms with Gasteiger partial charge in [-0.1, -0.05) is 85.6 Å². The lowest BCUT2D eigenvalue weighted by atomic mass is 10.1. The molecule has 244 valence electrons. The highest BCUT2D eigenvalue weighted by Crippen LogP contribution is 2.17. The first kappa shape index (κ1) is 46.1. The van der Waals surface area contributed by atoms with Crippen LogP contribution in [0.2, 0.25) is 0 Å². The Bertz CT molecular complexity index is 834. The van der Waals surface area contributed by atoms with Crippen molar-refractivity contribution in [2.24, 2.45) is 5.92 Å². The van der Waals surface area contributed by atoms with E-state index in [9.17, 15) is 19.5 Å². The normalized spacial score (nSPS) is 15.7. The number of aliphatic hydroxyl groups excluding tert-OH is 1. The fourth-order valence-electron chi connectivity index (χ4n) is 2.63. The maximum absolute atomic E-state index is 12.4. The summed E-state index contributed by atoms with van der Waals surface area (Å²) in [6.45, 7) is 22.7. The van der Waals surface area contributed by atoms with Gasteiger partial charge in [-0.2, -0.15) is 0 Å². The number of rotatable bonds is 10. The van der Waals surface area contributed by atoms with Gasteiger partial charge in [-0.05, 0) is 61.2 Å². The van der Waals surface area contributed by atoms with Gasteiger partial charge in [0.2, 0.25) is 11.8 Å². The van der Waals surface area contributed by atoms with Gasteiger partial charge in [0.05, 0.1) is 19.1 Å². The first-order chi connectivity index (χ1) is 20.0. The van der Waals surface area contributed by atoms with Crippen LogP contribution in [0, 0.1) is 5.92 Å². The standard InChI is InChI=1S/C21H31N3O4S.C4H10.C3H7NO.2C2H6/c1-4-6-13-29-24-12-7-9-17(19(26)15-24)23-21(28)14-22-20(27)11-10-16(3)18(25)8-5-2;1-4(2)3;1-3-4-5-2;2*1-2/h5-6,8,10-11,13,17,25H,4,7,9,12,14-15H2,1-3H3,(H,22,27)(H,23,28);4H,1-3H3;3H,1-2H3;2*1-2H3/p+1/b8-5-,11-10+,13-6+,18-16-;;4-3+;;. The number of carbonyl (C=O) groups is 3. The Kier molecular flexibility index (Phi) is 37.7. The summed E-state index contributed by atoms with van der Waals surface area (Å²) >= 11 is 1.52. The van der Waals surface area contributed by atoms with E-state index in [-0.39, 0.29) is 24.6 Å². The van der Waals surface area contributed by atoms with E-state index in [4.69, 9.17) is 0 Å². The largest absolute Gasteiger partial charge is 0.508 e. The summed E-state index contributed by atoms with van der Waals surface area (Å²) in [6.07, 6.45) is 12.0. The molecule has 1 fully saturated rings. The van der Waals surface area contributed by atoms with Crippen molar-refractivity contribution in [2.45, 2.75) is 101 Å². The van der Waals surface area contributed by atoms with Gasteiger partial charge in [-0.15, -0.1) is 0 Å². The molecule has 42 heavy (non-hydrogen) atoms. The molecule has 1 unspecified atom stereocenters. The number of allylic oxidation sites excluding steroid dienone is 5. The van der Waals surface area contributed by atoms with Gasteiger partial charge in [-0.25, -0.2) is 4.31 Å². The van der Waals surface area contributed by atoms with Crippen molar-refractivity contribution < 1.29 is 29.5 Å². The molecule has 0 aliphatic carbocycles. The highest BCUT2D eigenvalue weighted by molar-refractivity contribution is 7.99. The lowest BCUT2D eigenvalue weighted by Crippen LogP contribution is -2.66. The molecule has 0 saturated carbocycles. The quantitative estimate of drug-likeness (QED) is 0.0665. The summed E-state index contributed by atoms with van der Waals surface area (Å²) in [5, 5.41) is 19.3. The van der Waals surface area contributed by atoms with Gasteiger partial charge >= 0.3 is 0 Å². The van der Waals surface area contributed by atoms with E-state index in [1.165, 1.54) is 30.2 Å². The minimum atomic E-state index is -0.529. The van der Waals surface area contributed by atoms with Crippen LogP contribution in [-0.4, -0.2) is 66.0 Å². The predicted molar refractivity (Wildman–Crippen MR) is 180 cm³/mol. The molecule has 4 N–H and O–H groups in total. The van der Waals surface area contributed by atoms with E-state index in [0.717, 1.165) is 25.3 Å². The van der Waals surface area contributed by atoms with Crippen LogP contribution in [0.5, 0.6) is 0 Å². The van der Waals surface area contributed by atoms with Crippen molar-refractivity contribution >= 4 is 35.8 Å². The first-order valence-corrected chi connectivity index (χ1v) is 15.8. The SMILES string of the molecule is C/C=[NH+]/OC.CC.CC.CC(C)C.C\C=C/C(O)=C(C)/C=C/C(=O)NCC(=O)NC1CCCN(S/C=C/CC)CC1=O. The van der Waals surface area contributed by atoms with Crippen LogP contribution in [-0.2, 0) is 19.2 Å². The van der Waals surface area contributed by atoms with Gasteiger partial charge in [-0.3, -0.25) is 19.2 Å². The summed E-state index contributed by atoms with van der Waals surface area (Å²) in [5.41, 5.74) is 0.531. The number of nitrogens with one attached hydrogen (secondary N) is 3. The number of nitrogens with zero attached hydrogens (tertiary/aromatic N) is 1. The Labute approximate surface area is 261 Å². The average Bonchev–Trinajstić information content (AvgIpc) is 3.13. The van der Waals surface area contributed by atoms with E-state index in [1.54, 1.807) is 33.2 Å². The van der Waals surface area contributed by atoms with Crippen LogP contribution in [0.3, 0.4) is 0 Å². The zero-order valence-corrected chi connectivity index (χ0v) is 29.2. The molecule has 1 rings (SSSR count). The molecule has 2 amide bonds. The summed E-state index contributed by atoms with van der Waals surface area (Å²) in [5.74, 6) is 0.0182. The smallest absolute Gasteiger partial charge is 0.244 e. The Balaban J connectivity index is -0.000000469. The zero-order valence-electron chi connectivity index (χ0n) is 28.4. The van der Waals surface area contributed by atoms with Gasteiger partial charge in [0.15, 0.2) is 12.0 Å². The van der Waals surface area contributed by atoms with Gasteiger partial charge in [0.25, 0.3) is 0 Å². The molecule has 9 nitrogen and oxygen atoms in total. The number of ketones is 1. The number of amides is 2. The van der Waals surface area contributed by atoms with Crippen LogP contribution in [0.25, 0.3) is 0 Å². The summed E-state index contributed by atoms with van der Waals surface area (Å²) in [4.78, 5) is 40.7. The Morgan fingerprint density at radius 1 is 1.14 bits per heavy atom. The third-order valence-corrected chi connectivity index (χ3v) is 5.29. The van der Waals surface area contributed by atoms with E-state index in [1.807, 2.05) is 50.4 Å². The molecule has 0 spiro atoms. The highest BCUT2D eigenvalue weighted by atomic mass is 32.2. The van der Waals surface area contributed by atoms with Crippen LogP contribution in [0.4, 0.5) is 0 Å². The molecule has 0 radical (unpaired) electrons. The number of Topliss-reactive ketones (excluding diaryl/α,β-unsaturated/α-hetero) is 1. The minimum Gasteiger partial charge on any atom is -0.508 e. The number of aliphatic hydroxyl groups is 1. The predicted octanol–water partition coefficient (Wildman–Crippen LogP) is 5.22. The third-order valence-electron chi connectivity index (χ3n) is 4.37. The molecular weight excluding hydrogens is 552 g/mol. The van der Waals surface area contributed by atoms with E-state index < -0.39 is 17.9 Å². The molecule has 0 aromatic rings. The molecule has 1 aliphatic rings. The summed E-state index contributed by atoms with van der Waals surface area (Å²) in [7, 11) is 1.57. The van der Waals surface area contributed by atoms with E-state index >= 15 is 0 Å². The maximum atomic E-state index is 12.4. The fourth-order valence-corrected chi connectivity index (χ4v) is 3.52. The second kappa shape index (κ2) is 34.4. The van der Waals surface area contributed by atoms with Crippen LogP contribution >= 0.6 is 11.9 Å². The second-order valence-electron chi connectivity index (χ2n) is 8.94. The Hall–Kier alpha value is -2.85. The third kappa shape index (κ3) is 31.7. The van der Waals surface area contributed by atoms with Crippen molar-refractivity contribution in [3.05, 3.63) is 47.1 Å². The van der Waals surface area contributed by atoms with Gasteiger partial charge < -0.3 is 15.7 Å². The molecule has 1 atom stereocenters. The number of hydrogen-bond acceptors (Lipinski definition) is 7. The second-order valence-corrected chi connectivity index (χ2v) is 9.94. The Morgan fingerprint density at radius 2 is 1.74 bits per heavy atom. The highest BCUT2D eigenvalue weighted by Gasteiger charge is 2.26. The zero-order chi connectivity index (χ0) is 33.3. The van der Waals surface area contributed by atoms with Gasteiger partial charge in [0, 0.05) is 19.5 Å². The van der Waals surface area contributed by atoms with Crippen molar-refractivity contribution in [1.82, 2.24) is 14.9 Å². The molecule has 1 heterocycles. The Morgan fingerprint density at radius 3 is 2.21 bits per heavy atom. The minimum absolute atomic E-state index is 0.0281. The van der Waals surface area contributed by atoms with Crippen LogP contribution < -0.4 is 15.8 Å². The summed E-state index contributed by atoms with van der Waals surface area (Å²) in [6, 6.07) is -0.529. The van der Waals surface area contributed by atoms with Crippen molar-refractivity contribution in [3.8, 4) is 0 Å². The molecular formula is C32H61N4O5S+. The average molecular weight is 614 g/mol. The molecule has 0 aromatic heterocycles. The molecule has 1 aliphatic heterocycles. The van der Waals surface area contributed by atoms with Crippen molar-refractivity contribution in [2.75, 3.05) is 26.7 Å². The van der Waals surface area contributed by atoms with Crippen molar-refractivity contribution in [3.63, 3.8) is 0 Å². The van der Waals surface area contributed by atoms with E-state index in [2.05, 4.69) is 48.3 Å². The maximum Gasteiger partial charge on any atom is 0.244 e. The van der Waals surface area contributed by atoms with E-state index in [0.29, 0.717) is 12.0 Å². The first-order valence-electron chi connectivity index (χ1n) is 15.0.